The molecule has 59 heavy (non-hydrogen) atoms. The molecular formula is C55H39N3O. The number of amidine groups is 1. The maximum atomic E-state index is 6.80. The first-order valence-electron chi connectivity index (χ1n) is 20.2. The molecule has 0 amide bonds. The summed E-state index contributed by atoms with van der Waals surface area (Å²) < 4.78 is 6.80. The van der Waals surface area contributed by atoms with Gasteiger partial charge in [-0.05, 0) is 73.5 Å². The molecule has 2 unspecified atom stereocenters. The van der Waals surface area contributed by atoms with Crippen molar-refractivity contribution in [2.24, 2.45) is 4.99 Å². The van der Waals surface area contributed by atoms with Crippen LogP contribution in [0.3, 0.4) is 0 Å². The normalized spacial score (nSPS) is 15.3. The Hall–Kier alpha value is -7.53. The molecular weight excluding hydrogens is 719 g/mol. The zero-order valence-corrected chi connectivity index (χ0v) is 32.2. The smallest absolute Gasteiger partial charge is 0.143 e. The second-order valence-corrected chi connectivity index (χ2v) is 15.2. The molecule has 2 heterocycles. The highest BCUT2D eigenvalue weighted by atomic mass is 16.3. The van der Waals surface area contributed by atoms with Crippen molar-refractivity contribution in [3.63, 3.8) is 0 Å². The molecule has 0 radical (unpaired) electrons. The number of fused-ring (bicyclic) bond motifs is 4. The molecule has 0 fully saturated rings. The largest absolute Gasteiger partial charge is 0.455 e. The van der Waals surface area contributed by atoms with E-state index in [2.05, 4.69) is 211 Å². The summed E-state index contributed by atoms with van der Waals surface area (Å²) in [5.74, 6) is 0.836. The van der Waals surface area contributed by atoms with Gasteiger partial charge in [-0.2, -0.15) is 0 Å². The number of hydrogen-bond donors (Lipinski definition) is 2. The first kappa shape index (κ1) is 34.7. The summed E-state index contributed by atoms with van der Waals surface area (Å²) in [6.45, 7) is 0. The average Bonchev–Trinajstić information content (AvgIpc) is 3.72. The summed E-state index contributed by atoms with van der Waals surface area (Å²) in [4.78, 5) is 5.27. The van der Waals surface area contributed by atoms with Gasteiger partial charge in [-0.15, -0.1) is 0 Å². The van der Waals surface area contributed by atoms with Crippen molar-refractivity contribution >= 4 is 38.5 Å². The van der Waals surface area contributed by atoms with Gasteiger partial charge in [0, 0.05) is 27.5 Å². The summed E-state index contributed by atoms with van der Waals surface area (Å²) in [7, 11) is 0. The van der Waals surface area contributed by atoms with Crippen molar-refractivity contribution in [3.8, 4) is 44.5 Å². The first-order valence-corrected chi connectivity index (χ1v) is 20.2. The van der Waals surface area contributed by atoms with Crippen LogP contribution < -0.4 is 10.6 Å². The Morgan fingerprint density at radius 3 is 1.63 bits per heavy atom. The predicted octanol–water partition coefficient (Wildman–Crippen LogP) is 13.7. The summed E-state index contributed by atoms with van der Waals surface area (Å²) in [6.07, 6.45) is -0.532. The van der Waals surface area contributed by atoms with Gasteiger partial charge in [0.15, 0.2) is 0 Å². The lowest BCUT2D eigenvalue weighted by Gasteiger charge is -2.32. The quantitative estimate of drug-likeness (QED) is 0.170. The highest BCUT2D eigenvalue weighted by Crippen LogP contribution is 2.41. The van der Waals surface area contributed by atoms with E-state index in [0.717, 1.165) is 61.2 Å². The fraction of sp³-hybridized carbons (Fsp3) is 0.0364. The van der Waals surface area contributed by atoms with Gasteiger partial charge in [0.05, 0.1) is 0 Å². The number of para-hydroxylation sites is 1. The summed E-state index contributed by atoms with van der Waals surface area (Å²) in [6, 6.07) is 75.3. The maximum Gasteiger partial charge on any atom is 0.143 e. The number of aliphatic imine (C=N–C) groups is 1. The van der Waals surface area contributed by atoms with Gasteiger partial charge in [-0.25, -0.2) is 4.99 Å². The van der Waals surface area contributed by atoms with E-state index in [1.165, 1.54) is 38.6 Å². The predicted molar refractivity (Wildman–Crippen MR) is 244 cm³/mol. The number of rotatable bonds is 7. The number of nitrogens with one attached hydrogen (secondary N) is 2. The van der Waals surface area contributed by atoms with Gasteiger partial charge < -0.3 is 9.73 Å². The first-order chi connectivity index (χ1) is 29.2. The van der Waals surface area contributed by atoms with Crippen molar-refractivity contribution in [1.82, 2.24) is 10.6 Å². The molecule has 9 aromatic carbocycles. The van der Waals surface area contributed by atoms with Gasteiger partial charge in [-0.1, -0.05) is 194 Å². The fourth-order valence-corrected chi connectivity index (χ4v) is 8.52. The monoisotopic (exact) mass is 757 g/mol. The molecule has 280 valence electrons. The van der Waals surface area contributed by atoms with Crippen molar-refractivity contribution < 1.29 is 4.42 Å². The van der Waals surface area contributed by atoms with Crippen LogP contribution in [-0.4, -0.2) is 5.84 Å². The summed E-state index contributed by atoms with van der Waals surface area (Å²) >= 11 is 0. The molecule has 0 saturated heterocycles. The van der Waals surface area contributed by atoms with Crippen LogP contribution >= 0.6 is 0 Å². The van der Waals surface area contributed by atoms with Crippen LogP contribution in [0, 0.1) is 0 Å². The molecule has 1 aromatic heterocycles. The standard InChI is InChI=1S/C55H39N3O/c1-4-12-36(13-5-1)38-20-22-39(23-21-38)40-24-28-43(29-25-40)54-56-53(42-16-8-3-9-17-42)57-55(58-54)49-33-32-47(52-51(49)48-18-10-11-19-50(48)59-52)45-31-27-41-26-30-44(34-46(41)35-45)37-14-6-2-7-15-37/h1-35,53,55,57H,(H,56,58). The number of furan rings is 1. The highest BCUT2D eigenvalue weighted by Gasteiger charge is 2.29. The lowest BCUT2D eigenvalue weighted by atomic mass is 9.94. The molecule has 2 N–H and O–H groups in total. The Labute approximate surface area is 343 Å². The second kappa shape index (κ2) is 14.8. The minimum atomic E-state index is -0.269. The highest BCUT2D eigenvalue weighted by molar-refractivity contribution is 6.12. The molecule has 1 aliphatic rings. The van der Waals surface area contributed by atoms with E-state index in [0.29, 0.717) is 0 Å². The van der Waals surface area contributed by atoms with Crippen molar-refractivity contribution in [2.45, 2.75) is 12.3 Å². The SMILES string of the molecule is c1ccc(-c2ccc(-c3ccc(C4=NC(c5ccccc5)NC(c5ccc(-c6ccc7ccc(-c8ccccc8)cc7c6)c6oc7ccccc7c56)N4)cc3)cc2)cc1. The number of benzene rings is 9. The van der Waals surface area contributed by atoms with Crippen LogP contribution in [0.25, 0.3) is 77.2 Å². The minimum absolute atomic E-state index is 0.263. The van der Waals surface area contributed by atoms with Crippen LogP contribution in [-0.2, 0) is 0 Å². The average molecular weight is 758 g/mol. The maximum absolute atomic E-state index is 6.80. The van der Waals surface area contributed by atoms with Crippen molar-refractivity contribution in [2.75, 3.05) is 0 Å². The molecule has 0 saturated carbocycles. The third-order valence-electron chi connectivity index (χ3n) is 11.6. The van der Waals surface area contributed by atoms with E-state index in [4.69, 9.17) is 9.41 Å². The number of nitrogens with zero attached hydrogens (tertiary/aromatic N) is 1. The van der Waals surface area contributed by atoms with E-state index in [1.54, 1.807) is 0 Å². The third kappa shape index (κ3) is 6.56. The zero-order valence-electron chi connectivity index (χ0n) is 32.2. The Balaban J connectivity index is 0.975. The van der Waals surface area contributed by atoms with E-state index in [-0.39, 0.29) is 12.3 Å². The summed E-state index contributed by atoms with van der Waals surface area (Å²) in [5, 5.41) is 12.2. The van der Waals surface area contributed by atoms with Crippen molar-refractivity contribution in [3.05, 3.63) is 229 Å². The zero-order chi connectivity index (χ0) is 39.1. The molecule has 4 heteroatoms. The van der Waals surface area contributed by atoms with Crippen molar-refractivity contribution in [1.29, 1.82) is 0 Å². The van der Waals surface area contributed by atoms with E-state index < -0.39 is 0 Å². The lowest BCUT2D eigenvalue weighted by molar-refractivity contribution is 0.411. The van der Waals surface area contributed by atoms with Crippen LogP contribution in [0.2, 0.25) is 0 Å². The fourth-order valence-electron chi connectivity index (χ4n) is 8.52. The minimum Gasteiger partial charge on any atom is -0.455 e. The molecule has 2 atom stereocenters. The molecule has 10 aromatic rings. The van der Waals surface area contributed by atoms with Gasteiger partial charge in [0.25, 0.3) is 0 Å². The third-order valence-corrected chi connectivity index (χ3v) is 11.6. The van der Waals surface area contributed by atoms with Crippen LogP contribution in [0.4, 0.5) is 0 Å². The van der Waals surface area contributed by atoms with E-state index >= 15 is 0 Å². The summed E-state index contributed by atoms with van der Waals surface area (Å²) in [5.41, 5.74) is 14.3. The van der Waals surface area contributed by atoms with Gasteiger partial charge >= 0.3 is 0 Å². The second-order valence-electron chi connectivity index (χ2n) is 15.2. The topological polar surface area (TPSA) is 49.6 Å². The molecule has 1 aliphatic heterocycles. The molecule has 0 spiro atoms. The Morgan fingerprint density at radius 1 is 0.424 bits per heavy atom. The van der Waals surface area contributed by atoms with E-state index in [9.17, 15) is 0 Å². The van der Waals surface area contributed by atoms with Crippen LogP contribution in [0.5, 0.6) is 0 Å². The molecule has 0 bridgehead atoms. The van der Waals surface area contributed by atoms with Gasteiger partial charge in [0.2, 0.25) is 0 Å². The molecule has 11 rings (SSSR count). The Kier molecular flexibility index (Phi) is 8.68. The van der Waals surface area contributed by atoms with Gasteiger partial charge in [-0.3, -0.25) is 5.32 Å². The Bertz CT molecular complexity index is 3140. The lowest BCUT2D eigenvalue weighted by Crippen LogP contribution is -2.45. The van der Waals surface area contributed by atoms with Crippen LogP contribution in [0.1, 0.15) is 29.0 Å². The van der Waals surface area contributed by atoms with E-state index in [1.807, 2.05) is 12.1 Å². The molecule has 4 nitrogen and oxygen atoms in total. The Morgan fingerprint density at radius 2 is 0.949 bits per heavy atom. The number of hydrogen-bond acceptors (Lipinski definition) is 4. The van der Waals surface area contributed by atoms with Crippen LogP contribution in [0.15, 0.2) is 222 Å². The molecule has 0 aliphatic carbocycles. The van der Waals surface area contributed by atoms with Gasteiger partial charge in [0.1, 0.15) is 29.3 Å².